The van der Waals surface area contributed by atoms with Gasteiger partial charge in [-0.15, -0.1) is 0 Å². The lowest BCUT2D eigenvalue weighted by atomic mass is 9.85. The number of rotatable bonds is 6. The predicted octanol–water partition coefficient (Wildman–Crippen LogP) is 2.51. The van der Waals surface area contributed by atoms with Crippen LogP contribution in [-0.4, -0.2) is 95.2 Å². The summed E-state index contributed by atoms with van der Waals surface area (Å²) in [5.41, 5.74) is -0.411. The number of carbonyl (C=O) groups is 4. The van der Waals surface area contributed by atoms with Gasteiger partial charge in [0.1, 0.15) is 6.04 Å². The maximum Gasteiger partial charge on any atom is 0.404 e. The molecule has 2 saturated heterocycles. The third-order valence-electron chi connectivity index (χ3n) is 7.69. The Balaban J connectivity index is 0.000000423. The van der Waals surface area contributed by atoms with E-state index >= 15 is 0 Å². The lowest BCUT2D eigenvalue weighted by Crippen LogP contribution is -2.58. The van der Waals surface area contributed by atoms with Gasteiger partial charge in [-0.05, 0) is 58.9 Å². The van der Waals surface area contributed by atoms with Crippen LogP contribution in [-0.2, 0) is 9.59 Å². The summed E-state index contributed by atoms with van der Waals surface area (Å²) in [6, 6.07) is -0.644. The molecule has 38 heavy (non-hydrogen) atoms. The lowest BCUT2D eigenvalue weighted by Gasteiger charge is -2.36. The molecule has 1 unspecified atom stereocenters. The van der Waals surface area contributed by atoms with Crippen LogP contribution in [0.15, 0.2) is 0 Å². The molecule has 0 aromatic heterocycles. The second kappa shape index (κ2) is 14.0. The van der Waals surface area contributed by atoms with Crippen molar-refractivity contribution in [1.29, 1.82) is 0 Å². The van der Waals surface area contributed by atoms with Gasteiger partial charge in [-0.2, -0.15) is 0 Å². The van der Waals surface area contributed by atoms with Crippen LogP contribution in [0.2, 0.25) is 0 Å². The Hall–Kier alpha value is -2.56. The SMILES string of the molecule is CN[C@@H](C)C(=O)NC(C(=O)N1CC[C@@H]2[C@H]1CCN2C(=O)NC(C)C)C(C)(C)C.O=C(O)NC1CCCCC1. The van der Waals surface area contributed by atoms with Gasteiger partial charge in [-0.25, -0.2) is 9.59 Å². The van der Waals surface area contributed by atoms with E-state index in [1.807, 2.05) is 44.4 Å². The number of nitrogens with zero attached hydrogens (tertiary/aromatic N) is 2. The number of nitrogens with one attached hydrogen (secondary N) is 4. The van der Waals surface area contributed by atoms with Crippen molar-refractivity contribution in [3.63, 3.8) is 0 Å². The number of carboxylic acid groups (broad SMARTS) is 1. The highest BCUT2D eigenvalue weighted by molar-refractivity contribution is 5.90. The Kier molecular flexibility index (Phi) is 11.7. The molecule has 0 radical (unpaired) electrons. The molecule has 11 heteroatoms. The van der Waals surface area contributed by atoms with Crippen molar-refractivity contribution >= 4 is 23.9 Å². The second-order valence-electron chi connectivity index (χ2n) is 12.1. The Morgan fingerprint density at radius 2 is 1.39 bits per heavy atom. The van der Waals surface area contributed by atoms with Crippen molar-refractivity contribution in [3.05, 3.63) is 0 Å². The Labute approximate surface area is 227 Å². The zero-order valence-corrected chi connectivity index (χ0v) is 24.3. The summed E-state index contributed by atoms with van der Waals surface area (Å²) in [4.78, 5) is 52.2. The summed E-state index contributed by atoms with van der Waals surface area (Å²) in [6.45, 7) is 12.8. The lowest BCUT2D eigenvalue weighted by molar-refractivity contribution is -0.140. The highest BCUT2D eigenvalue weighted by atomic mass is 16.4. The fraction of sp³-hybridized carbons (Fsp3) is 0.852. The molecular formula is C27H50N6O5. The zero-order chi connectivity index (χ0) is 28.6. The fourth-order valence-electron chi connectivity index (χ4n) is 5.48. The molecule has 3 fully saturated rings. The number of fused-ring (bicyclic) bond motifs is 1. The van der Waals surface area contributed by atoms with Gasteiger partial charge in [0.05, 0.1) is 18.1 Å². The Morgan fingerprint density at radius 1 is 0.842 bits per heavy atom. The van der Waals surface area contributed by atoms with Crippen molar-refractivity contribution in [2.24, 2.45) is 5.41 Å². The Morgan fingerprint density at radius 3 is 1.89 bits per heavy atom. The molecule has 2 heterocycles. The van der Waals surface area contributed by atoms with Gasteiger partial charge in [0.15, 0.2) is 0 Å². The average Bonchev–Trinajstić information content (AvgIpc) is 3.43. The van der Waals surface area contributed by atoms with Crippen molar-refractivity contribution in [3.8, 4) is 0 Å². The van der Waals surface area contributed by atoms with Gasteiger partial charge in [0.2, 0.25) is 11.8 Å². The number of likely N-dealkylation sites (N-methyl/N-ethyl adjacent to an activating group) is 1. The van der Waals surface area contributed by atoms with Crippen LogP contribution in [0.4, 0.5) is 9.59 Å². The van der Waals surface area contributed by atoms with Crippen LogP contribution in [0.5, 0.6) is 0 Å². The third-order valence-corrected chi connectivity index (χ3v) is 7.69. The van der Waals surface area contributed by atoms with Crippen LogP contribution in [0.3, 0.4) is 0 Å². The van der Waals surface area contributed by atoms with Gasteiger partial charge >= 0.3 is 12.1 Å². The van der Waals surface area contributed by atoms with E-state index in [9.17, 15) is 19.2 Å². The number of likely N-dealkylation sites (tertiary alicyclic amines) is 2. The van der Waals surface area contributed by atoms with E-state index in [1.54, 1.807) is 14.0 Å². The molecule has 0 aromatic carbocycles. The molecular weight excluding hydrogens is 488 g/mol. The van der Waals surface area contributed by atoms with Gasteiger partial charge in [-0.3, -0.25) is 9.59 Å². The molecule has 5 N–H and O–H groups in total. The second-order valence-corrected chi connectivity index (χ2v) is 12.1. The van der Waals surface area contributed by atoms with Crippen LogP contribution in [0, 0.1) is 5.41 Å². The monoisotopic (exact) mass is 538 g/mol. The number of carbonyl (C=O) groups excluding carboxylic acids is 3. The molecule has 1 saturated carbocycles. The normalized spacial score (nSPS) is 23.2. The number of urea groups is 1. The Bertz CT molecular complexity index is 823. The first-order valence-corrected chi connectivity index (χ1v) is 14.1. The molecule has 2 aliphatic heterocycles. The highest BCUT2D eigenvalue weighted by Gasteiger charge is 2.49. The fourth-order valence-corrected chi connectivity index (χ4v) is 5.48. The summed E-state index contributed by atoms with van der Waals surface area (Å²) in [5.74, 6) is -0.237. The van der Waals surface area contributed by atoms with Crippen molar-refractivity contribution in [2.45, 2.75) is 123 Å². The van der Waals surface area contributed by atoms with Gasteiger partial charge in [0, 0.05) is 25.2 Å². The van der Waals surface area contributed by atoms with E-state index in [2.05, 4.69) is 21.3 Å². The van der Waals surface area contributed by atoms with Crippen LogP contribution >= 0.6 is 0 Å². The molecule has 4 atom stereocenters. The van der Waals surface area contributed by atoms with Gasteiger partial charge in [-0.1, -0.05) is 40.0 Å². The topological polar surface area (TPSA) is 143 Å². The van der Waals surface area contributed by atoms with E-state index in [0.29, 0.717) is 13.1 Å². The zero-order valence-electron chi connectivity index (χ0n) is 24.3. The van der Waals surface area contributed by atoms with E-state index in [1.165, 1.54) is 19.3 Å². The molecule has 0 spiro atoms. The van der Waals surface area contributed by atoms with Crippen LogP contribution < -0.4 is 21.3 Å². The minimum atomic E-state index is -0.882. The van der Waals surface area contributed by atoms with Gasteiger partial charge in [0.25, 0.3) is 0 Å². The molecule has 11 nitrogen and oxygen atoms in total. The third kappa shape index (κ3) is 8.74. The number of amides is 5. The standard InChI is InChI=1S/C20H37N5O3.C7H13NO2/c1-12(2)22-19(28)25-11-9-14-15(25)8-10-24(14)18(27)16(20(4,5)6)23-17(26)13(3)21-7;9-7(10)8-6-4-2-1-3-5-6/h12-16,21H,8-11H2,1-7H3,(H,22,28)(H,23,26);6,8H,1-5H2,(H,9,10)/t13-,14+,15+,16?;/m0./s1. The molecule has 218 valence electrons. The highest BCUT2D eigenvalue weighted by Crippen LogP contribution is 2.34. The average molecular weight is 539 g/mol. The predicted molar refractivity (Wildman–Crippen MR) is 147 cm³/mol. The van der Waals surface area contributed by atoms with Gasteiger partial charge < -0.3 is 36.2 Å². The maximum atomic E-state index is 13.4. The largest absolute Gasteiger partial charge is 0.465 e. The van der Waals surface area contributed by atoms with Crippen molar-refractivity contribution in [2.75, 3.05) is 20.1 Å². The van der Waals surface area contributed by atoms with Crippen molar-refractivity contribution in [1.82, 2.24) is 31.1 Å². The summed E-state index contributed by atoms with van der Waals surface area (Å²) in [6.07, 6.45) is 6.32. The summed E-state index contributed by atoms with van der Waals surface area (Å²) >= 11 is 0. The molecule has 5 amide bonds. The van der Waals surface area contributed by atoms with E-state index < -0.39 is 17.6 Å². The minimum absolute atomic E-state index is 0.0221. The van der Waals surface area contributed by atoms with Crippen LogP contribution in [0.1, 0.15) is 86.5 Å². The van der Waals surface area contributed by atoms with E-state index in [-0.39, 0.29) is 48.1 Å². The minimum Gasteiger partial charge on any atom is -0.465 e. The molecule has 0 aromatic rings. The summed E-state index contributed by atoms with van der Waals surface area (Å²) in [5, 5.41) is 19.7. The summed E-state index contributed by atoms with van der Waals surface area (Å²) < 4.78 is 0. The molecule has 1 aliphatic carbocycles. The first kappa shape index (κ1) is 31.7. The maximum absolute atomic E-state index is 13.4. The smallest absolute Gasteiger partial charge is 0.404 e. The number of hydrogen-bond donors (Lipinski definition) is 5. The quantitative estimate of drug-likeness (QED) is 0.352. The molecule has 0 bridgehead atoms. The summed E-state index contributed by atoms with van der Waals surface area (Å²) in [7, 11) is 1.72. The first-order chi connectivity index (χ1) is 17.8. The molecule has 3 rings (SSSR count). The van der Waals surface area contributed by atoms with Crippen LogP contribution in [0.25, 0.3) is 0 Å². The first-order valence-electron chi connectivity index (χ1n) is 14.1. The number of hydrogen-bond acceptors (Lipinski definition) is 5. The molecule has 3 aliphatic rings. The van der Waals surface area contributed by atoms with Crippen molar-refractivity contribution < 1.29 is 24.3 Å². The van der Waals surface area contributed by atoms with E-state index in [0.717, 1.165) is 25.7 Å². The van der Waals surface area contributed by atoms with E-state index in [4.69, 9.17) is 5.11 Å².